The van der Waals surface area contributed by atoms with Crippen molar-refractivity contribution in [1.29, 1.82) is 0 Å². The van der Waals surface area contributed by atoms with Gasteiger partial charge >= 0.3 is 0 Å². The van der Waals surface area contributed by atoms with Gasteiger partial charge in [0.1, 0.15) is 0 Å². The van der Waals surface area contributed by atoms with Crippen molar-refractivity contribution >= 4 is 49.3 Å². The van der Waals surface area contributed by atoms with Gasteiger partial charge in [-0.15, -0.1) is 0 Å². The number of allylic oxidation sites excluding steroid dienone is 4. The van der Waals surface area contributed by atoms with E-state index < -0.39 is 0 Å². The topological polar surface area (TPSA) is 48.5 Å². The molecule has 3 aromatic heterocycles. The van der Waals surface area contributed by atoms with E-state index in [1.54, 1.807) is 0 Å². The van der Waals surface area contributed by atoms with E-state index in [1.807, 2.05) is 60.7 Å². The fourth-order valence-electron chi connectivity index (χ4n) is 9.46. The van der Waals surface area contributed by atoms with Gasteiger partial charge in [-0.05, 0) is 71.7 Å². The summed E-state index contributed by atoms with van der Waals surface area (Å²) >= 11 is 0. The van der Waals surface area contributed by atoms with Crippen LogP contribution in [0, 0.1) is 0 Å². The summed E-state index contributed by atoms with van der Waals surface area (Å²) in [7, 11) is 0. The van der Waals surface area contributed by atoms with Crippen molar-refractivity contribution in [2.75, 3.05) is 0 Å². The van der Waals surface area contributed by atoms with E-state index in [0.717, 1.165) is 34.2 Å². The predicted molar refractivity (Wildman–Crippen MR) is 256 cm³/mol. The first kappa shape index (κ1) is 35.8. The Hall–Kier alpha value is -8.15. The van der Waals surface area contributed by atoms with E-state index >= 15 is 0 Å². The fraction of sp³-hybridized carbons (Fsp3) is 0.0351. The summed E-state index contributed by atoms with van der Waals surface area (Å²) in [6, 6.07) is 70.9. The minimum Gasteiger partial charge on any atom is -0.313 e. The van der Waals surface area contributed by atoms with Crippen molar-refractivity contribution in [3.05, 3.63) is 224 Å². The molecule has 0 fully saturated rings. The van der Waals surface area contributed by atoms with Crippen molar-refractivity contribution in [1.82, 2.24) is 24.1 Å². The Morgan fingerprint density at radius 2 is 0.903 bits per heavy atom. The largest absolute Gasteiger partial charge is 0.313 e. The maximum Gasteiger partial charge on any atom is 0.164 e. The first-order valence-corrected chi connectivity index (χ1v) is 21.2. The van der Waals surface area contributed by atoms with Crippen LogP contribution in [0.15, 0.2) is 218 Å². The van der Waals surface area contributed by atoms with Crippen LogP contribution in [0.25, 0.3) is 100 Å². The lowest BCUT2D eigenvalue weighted by molar-refractivity contribution is 0.844. The Morgan fingerprint density at radius 3 is 1.58 bits per heavy atom. The van der Waals surface area contributed by atoms with Crippen LogP contribution in [0.1, 0.15) is 17.9 Å². The monoisotopic (exact) mass is 793 g/mol. The molecule has 1 aliphatic carbocycles. The Labute approximate surface area is 359 Å². The lowest BCUT2D eigenvalue weighted by Gasteiger charge is -2.22. The first-order valence-electron chi connectivity index (χ1n) is 21.2. The molecule has 0 spiro atoms. The summed E-state index contributed by atoms with van der Waals surface area (Å²) in [6.07, 6.45) is 7.82. The molecule has 1 aliphatic rings. The van der Waals surface area contributed by atoms with Gasteiger partial charge in [-0.1, -0.05) is 170 Å². The number of fused-ring (bicyclic) bond motifs is 6. The quantitative estimate of drug-likeness (QED) is 0.161. The van der Waals surface area contributed by atoms with Gasteiger partial charge in [0.2, 0.25) is 0 Å². The third-order valence-electron chi connectivity index (χ3n) is 12.3. The molecule has 292 valence electrons. The summed E-state index contributed by atoms with van der Waals surface area (Å²) in [5, 5.41) is 5.09. The summed E-state index contributed by atoms with van der Waals surface area (Å²) in [5.41, 5.74) is 13.8. The molecule has 5 heteroatoms. The second-order valence-electron chi connectivity index (χ2n) is 16.0. The van der Waals surface area contributed by atoms with Crippen molar-refractivity contribution in [3.8, 4) is 51.0 Å². The smallest absolute Gasteiger partial charge is 0.164 e. The molecule has 62 heavy (non-hydrogen) atoms. The molecule has 8 aromatic carbocycles. The highest BCUT2D eigenvalue weighted by molar-refractivity contribution is 6.12. The Bertz CT molecular complexity index is 3470. The van der Waals surface area contributed by atoms with Crippen LogP contribution in [0.4, 0.5) is 0 Å². The van der Waals surface area contributed by atoms with Gasteiger partial charge in [0, 0.05) is 55.5 Å². The third kappa shape index (κ3) is 6.05. The molecule has 0 bridgehead atoms. The molecule has 5 nitrogen and oxygen atoms in total. The SMILES string of the molecule is C1=CC(c2cccc3c2c2ccccc2n3-c2ccccc2)CC(n2c3ccccc3c3cc(-c4ccc(-c5nc(-c6ccccc6)nc(-c6ccccc6)n5)cc4)ccc32)=C1. The highest BCUT2D eigenvalue weighted by atomic mass is 15.0. The van der Waals surface area contributed by atoms with E-state index in [2.05, 4.69) is 167 Å². The molecule has 12 rings (SSSR count). The predicted octanol–water partition coefficient (Wildman–Crippen LogP) is 14.3. The maximum absolute atomic E-state index is 4.95. The number of rotatable bonds is 7. The molecular weight excluding hydrogens is 755 g/mol. The molecular formula is C57H39N5. The second kappa shape index (κ2) is 14.8. The zero-order valence-electron chi connectivity index (χ0n) is 33.8. The minimum atomic E-state index is 0.208. The van der Waals surface area contributed by atoms with Gasteiger partial charge < -0.3 is 9.13 Å². The Balaban J connectivity index is 0.904. The lowest BCUT2D eigenvalue weighted by atomic mass is 9.88. The molecule has 3 heterocycles. The average Bonchev–Trinajstić information content (AvgIpc) is 3.87. The normalized spacial score (nSPS) is 13.9. The lowest BCUT2D eigenvalue weighted by Crippen LogP contribution is -2.06. The van der Waals surface area contributed by atoms with Gasteiger partial charge in [0.15, 0.2) is 17.5 Å². The van der Waals surface area contributed by atoms with Crippen LogP contribution in [0.2, 0.25) is 0 Å². The van der Waals surface area contributed by atoms with Crippen molar-refractivity contribution < 1.29 is 0 Å². The number of nitrogens with zero attached hydrogens (tertiary/aromatic N) is 5. The molecule has 0 aliphatic heterocycles. The summed E-state index contributed by atoms with van der Waals surface area (Å²) < 4.78 is 4.89. The number of aromatic nitrogens is 5. The van der Waals surface area contributed by atoms with Crippen LogP contribution in [-0.4, -0.2) is 24.1 Å². The molecule has 0 saturated carbocycles. The van der Waals surface area contributed by atoms with E-state index in [1.165, 1.54) is 60.6 Å². The molecule has 0 amide bonds. The number of hydrogen-bond donors (Lipinski definition) is 0. The zero-order chi connectivity index (χ0) is 41.0. The van der Waals surface area contributed by atoms with Crippen LogP contribution >= 0.6 is 0 Å². The van der Waals surface area contributed by atoms with Crippen molar-refractivity contribution in [3.63, 3.8) is 0 Å². The second-order valence-corrected chi connectivity index (χ2v) is 16.0. The van der Waals surface area contributed by atoms with Gasteiger partial charge in [-0.25, -0.2) is 15.0 Å². The van der Waals surface area contributed by atoms with Crippen LogP contribution in [-0.2, 0) is 0 Å². The average molecular weight is 794 g/mol. The molecule has 1 atom stereocenters. The zero-order valence-corrected chi connectivity index (χ0v) is 33.8. The van der Waals surface area contributed by atoms with E-state index in [0.29, 0.717) is 17.5 Å². The third-order valence-corrected chi connectivity index (χ3v) is 12.3. The Morgan fingerprint density at radius 1 is 0.387 bits per heavy atom. The standard InChI is InChI=1S/C57H39N5/c1-4-16-39(17-5-1)55-58-56(40-18-6-2-7-19-40)60-57(59-55)41-32-30-38(31-33-41)42-34-35-52-49(37-42)47-24-10-12-27-50(47)62(52)45-23-14-20-43(36-45)46-26-15-29-53-54(46)48-25-11-13-28-51(48)61(53)44-21-8-3-9-22-44/h1-35,37,43H,36H2. The maximum atomic E-state index is 4.95. The fourth-order valence-corrected chi connectivity index (χ4v) is 9.46. The number of benzene rings is 8. The summed E-state index contributed by atoms with van der Waals surface area (Å²) in [6.45, 7) is 0. The van der Waals surface area contributed by atoms with E-state index in [9.17, 15) is 0 Å². The Kier molecular flexibility index (Phi) is 8.56. The van der Waals surface area contributed by atoms with Crippen molar-refractivity contribution in [2.45, 2.75) is 12.3 Å². The molecule has 0 N–H and O–H groups in total. The minimum absolute atomic E-state index is 0.208. The molecule has 0 saturated heterocycles. The summed E-state index contributed by atoms with van der Waals surface area (Å²) in [4.78, 5) is 14.8. The van der Waals surface area contributed by atoms with Gasteiger partial charge in [0.25, 0.3) is 0 Å². The van der Waals surface area contributed by atoms with Crippen LogP contribution in [0.5, 0.6) is 0 Å². The molecule has 1 unspecified atom stereocenters. The van der Waals surface area contributed by atoms with Crippen LogP contribution < -0.4 is 0 Å². The van der Waals surface area contributed by atoms with Gasteiger partial charge in [0.05, 0.1) is 22.1 Å². The highest BCUT2D eigenvalue weighted by Gasteiger charge is 2.24. The molecule has 0 radical (unpaired) electrons. The van der Waals surface area contributed by atoms with E-state index in [-0.39, 0.29) is 5.92 Å². The highest BCUT2D eigenvalue weighted by Crippen LogP contribution is 2.43. The van der Waals surface area contributed by atoms with Gasteiger partial charge in [-0.2, -0.15) is 0 Å². The van der Waals surface area contributed by atoms with Gasteiger partial charge in [-0.3, -0.25) is 0 Å². The number of para-hydroxylation sites is 3. The summed E-state index contributed by atoms with van der Waals surface area (Å²) in [5.74, 6) is 2.17. The van der Waals surface area contributed by atoms with E-state index in [4.69, 9.17) is 15.0 Å². The van der Waals surface area contributed by atoms with Crippen molar-refractivity contribution in [2.24, 2.45) is 0 Å². The first-order chi connectivity index (χ1) is 30.7. The van der Waals surface area contributed by atoms with Crippen LogP contribution in [0.3, 0.4) is 0 Å². The number of hydrogen-bond acceptors (Lipinski definition) is 3. The molecule has 11 aromatic rings.